The van der Waals surface area contributed by atoms with Crippen molar-refractivity contribution < 1.29 is 14.9 Å². The number of methoxy groups -OCH3 is 1. The van der Waals surface area contributed by atoms with Crippen LogP contribution in [0.25, 0.3) is 0 Å². The van der Waals surface area contributed by atoms with Crippen LogP contribution in [0.1, 0.15) is 20.8 Å². The zero-order valence-electron chi connectivity index (χ0n) is 10.4. The minimum Gasteiger partial charge on any atom is -0.395 e. The van der Waals surface area contributed by atoms with E-state index in [2.05, 4.69) is 0 Å². The summed E-state index contributed by atoms with van der Waals surface area (Å²) in [4.78, 5) is 2.02. The smallest absolute Gasteiger partial charge is 0.0768 e. The molecule has 0 radical (unpaired) electrons. The second-order valence-electron chi connectivity index (χ2n) is 4.50. The highest BCUT2D eigenvalue weighted by atomic mass is 16.5. The minimum atomic E-state index is -0.719. The van der Waals surface area contributed by atoms with Crippen LogP contribution in [0.4, 0.5) is 0 Å². The molecule has 4 heteroatoms. The van der Waals surface area contributed by atoms with Crippen molar-refractivity contribution in [2.75, 3.05) is 40.0 Å². The Bertz CT molecular complexity index is 160. The van der Waals surface area contributed by atoms with E-state index in [0.29, 0.717) is 19.7 Å². The van der Waals surface area contributed by atoms with Gasteiger partial charge in [0.05, 0.1) is 18.8 Å². The first-order valence-corrected chi connectivity index (χ1v) is 5.48. The molecule has 0 amide bonds. The average Bonchev–Trinajstić information content (AvgIpc) is 2.14. The average molecular weight is 219 g/mol. The van der Waals surface area contributed by atoms with Gasteiger partial charge in [-0.15, -0.1) is 0 Å². The number of aliphatic hydroxyl groups is 2. The second kappa shape index (κ2) is 7.17. The monoisotopic (exact) mass is 219 g/mol. The summed E-state index contributed by atoms with van der Waals surface area (Å²) in [6.45, 7) is 8.42. The van der Waals surface area contributed by atoms with Crippen molar-refractivity contribution in [1.29, 1.82) is 0 Å². The topological polar surface area (TPSA) is 52.9 Å². The van der Waals surface area contributed by atoms with E-state index in [1.807, 2.05) is 25.7 Å². The Hall–Kier alpha value is -0.160. The van der Waals surface area contributed by atoms with E-state index in [9.17, 15) is 5.11 Å². The Morgan fingerprint density at radius 3 is 2.33 bits per heavy atom. The van der Waals surface area contributed by atoms with Gasteiger partial charge in [0.25, 0.3) is 0 Å². The summed E-state index contributed by atoms with van der Waals surface area (Å²) in [5, 5.41) is 19.0. The maximum atomic E-state index is 10.1. The molecule has 92 valence electrons. The fraction of sp³-hybridized carbons (Fsp3) is 1.00. The molecule has 0 aliphatic heterocycles. The molecule has 15 heavy (non-hydrogen) atoms. The van der Waals surface area contributed by atoms with Crippen LogP contribution in [0.5, 0.6) is 0 Å². The van der Waals surface area contributed by atoms with E-state index < -0.39 is 5.60 Å². The third-order valence-corrected chi connectivity index (χ3v) is 2.82. The summed E-state index contributed by atoms with van der Waals surface area (Å²) < 4.78 is 4.99. The predicted molar refractivity (Wildman–Crippen MR) is 60.9 cm³/mol. The molecule has 0 bridgehead atoms. The number of hydrogen-bond acceptors (Lipinski definition) is 4. The molecule has 0 aromatic heterocycles. The number of nitrogens with zero attached hydrogens (tertiary/aromatic N) is 1. The molecule has 0 aliphatic rings. The predicted octanol–water partition coefficient (Wildman–Crippen LogP) is 0.334. The fourth-order valence-corrected chi connectivity index (χ4v) is 1.27. The Balaban J connectivity index is 4.13. The van der Waals surface area contributed by atoms with E-state index in [1.54, 1.807) is 7.11 Å². The molecule has 0 rings (SSSR count). The minimum absolute atomic E-state index is 0.109. The first-order valence-electron chi connectivity index (χ1n) is 5.48. The van der Waals surface area contributed by atoms with Gasteiger partial charge in [-0.1, -0.05) is 13.8 Å². The third kappa shape index (κ3) is 6.10. The van der Waals surface area contributed by atoms with Gasteiger partial charge in [-0.3, -0.25) is 4.90 Å². The van der Waals surface area contributed by atoms with E-state index in [1.165, 1.54) is 0 Å². The molecule has 0 spiro atoms. The second-order valence-corrected chi connectivity index (χ2v) is 4.50. The summed E-state index contributed by atoms with van der Waals surface area (Å²) in [5.74, 6) is 0.196. The van der Waals surface area contributed by atoms with Gasteiger partial charge < -0.3 is 14.9 Å². The molecular formula is C11H25NO3. The van der Waals surface area contributed by atoms with Crippen LogP contribution in [0.2, 0.25) is 0 Å². The van der Waals surface area contributed by atoms with Crippen molar-refractivity contribution >= 4 is 0 Å². The Kier molecular flexibility index (Phi) is 7.09. The van der Waals surface area contributed by atoms with Crippen molar-refractivity contribution in [3.63, 3.8) is 0 Å². The van der Waals surface area contributed by atoms with Crippen LogP contribution in [0.3, 0.4) is 0 Å². The molecule has 0 aromatic rings. The van der Waals surface area contributed by atoms with Gasteiger partial charge >= 0.3 is 0 Å². The lowest BCUT2D eigenvalue weighted by atomic mass is 9.92. The lowest BCUT2D eigenvalue weighted by Gasteiger charge is -2.34. The fourth-order valence-electron chi connectivity index (χ4n) is 1.27. The van der Waals surface area contributed by atoms with Gasteiger partial charge in [0.2, 0.25) is 0 Å². The zero-order valence-corrected chi connectivity index (χ0v) is 10.4. The third-order valence-electron chi connectivity index (χ3n) is 2.82. The van der Waals surface area contributed by atoms with E-state index in [-0.39, 0.29) is 12.5 Å². The number of aliphatic hydroxyl groups excluding tert-OH is 1. The number of ether oxygens (including phenoxy) is 1. The normalized spacial score (nSPS) is 16.0. The van der Waals surface area contributed by atoms with Crippen LogP contribution in [-0.2, 0) is 4.74 Å². The molecule has 0 fully saturated rings. The maximum Gasteiger partial charge on any atom is 0.0768 e. The highest BCUT2D eigenvalue weighted by molar-refractivity contribution is 4.80. The van der Waals surface area contributed by atoms with Gasteiger partial charge in [-0.05, 0) is 12.8 Å². The Morgan fingerprint density at radius 1 is 1.33 bits per heavy atom. The van der Waals surface area contributed by atoms with Crippen molar-refractivity contribution in [1.82, 2.24) is 4.90 Å². The van der Waals surface area contributed by atoms with Crippen molar-refractivity contribution in [3.8, 4) is 0 Å². The lowest BCUT2D eigenvalue weighted by Crippen LogP contribution is -2.46. The van der Waals surface area contributed by atoms with Crippen molar-refractivity contribution in [2.24, 2.45) is 5.92 Å². The van der Waals surface area contributed by atoms with Crippen LogP contribution in [0.15, 0.2) is 0 Å². The summed E-state index contributed by atoms with van der Waals surface area (Å²) in [6, 6.07) is 0. The van der Waals surface area contributed by atoms with Gasteiger partial charge in [-0.25, -0.2) is 0 Å². The highest BCUT2D eigenvalue weighted by Gasteiger charge is 2.27. The first kappa shape index (κ1) is 14.8. The maximum absolute atomic E-state index is 10.1. The quantitative estimate of drug-likeness (QED) is 0.618. The Morgan fingerprint density at radius 2 is 1.93 bits per heavy atom. The summed E-state index contributed by atoms with van der Waals surface area (Å²) in [5.41, 5.74) is -0.719. The Labute approximate surface area is 92.9 Å². The van der Waals surface area contributed by atoms with Gasteiger partial charge in [0, 0.05) is 26.7 Å². The molecule has 0 saturated heterocycles. The van der Waals surface area contributed by atoms with Crippen LogP contribution in [-0.4, -0.2) is 60.7 Å². The van der Waals surface area contributed by atoms with Gasteiger partial charge in [0.1, 0.15) is 0 Å². The zero-order chi connectivity index (χ0) is 11.9. The van der Waals surface area contributed by atoms with Gasteiger partial charge in [0.15, 0.2) is 0 Å². The first-order chi connectivity index (χ1) is 6.94. The molecule has 1 atom stereocenters. The summed E-state index contributed by atoms with van der Waals surface area (Å²) >= 11 is 0. The van der Waals surface area contributed by atoms with Gasteiger partial charge in [-0.2, -0.15) is 0 Å². The lowest BCUT2D eigenvalue weighted by molar-refractivity contribution is -0.0258. The van der Waals surface area contributed by atoms with Crippen molar-refractivity contribution in [2.45, 2.75) is 26.4 Å². The molecule has 1 unspecified atom stereocenters. The SMILES string of the molecule is COCCN(CCO)CC(C)(O)C(C)C. The summed E-state index contributed by atoms with van der Waals surface area (Å²) in [6.07, 6.45) is 0. The molecule has 0 saturated carbocycles. The van der Waals surface area contributed by atoms with Crippen molar-refractivity contribution in [3.05, 3.63) is 0 Å². The van der Waals surface area contributed by atoms with E-state index in [4.69, 9.17) is 9.84 Å². The number of hydrogen-bond donors (Lipinski definition) is 2. The summed E-state index contributed by atoms with van der Waals surface area (Å²) in [7, 11) is 1.65. The van der Waals surface area contributed by atoms with E-state index >= 15 is 0 Å². The standard InChI is InChI=1S/C11H25NO3/c1-10(2)11(3,14)9-12(5-7-13)6-8-15-4/h10,13-14H,5-9H2,1-4H3. The molecule has 0 heterocycles. The van der Waals surface area contributed by atoms with Crippen LogP contribution >= 0.6 is 0 Å². The molecule has 0 aromatic carbocycles. The highest BCUT2D eigenvalue weighted by Crippen LogP contribution is 2.17. The molecule has 2 N–H and O–H groups in total. The number of rotatable bonds is 8. The molecule has 4 nitrogen and oxygen atoms in total. The van der Waals surface area contributed by atoms with Crippen LogP contribution in [0, 0.1) is 5.92 Å². The van der Waals surface area contributed by atoms with E-state index in [0.717, 1.165) is 6.54 Å². The molecule has 0 aliphatic carbocycles. The largest absolute Gasteiger partial charge is 0.395 e. The van der Waals surface area contributed by atoms with Crippen LogP contribution < -0.4 is 0 Å². The molecular weight excluding hydrogens is 194 g/mol.